The summed E-state index contributed by atoms with van der Waals surface area (Å²) in [6.45, 7) is 7.05. The average molecular weight is 279 g/mol. The van der Waals surface area contributed by atoms with Crippen LogP contribution in [0.2, 0.25) is 5.02 Å². The normalized spacial score (nSPS) is 28.8. The van der Waals surface area contributed by atoms with E-state index in [0.29, 0.717) is 0 Å². The molecule has 0 bridgehead atoms. The van der Waals surface area contributed by atoms with Crippen molar-refractivity contribution in [2.45, 2.75) is 32.2 Å². The van der Waals surface area contributed by atoms with E-state index in [-0.39, 0.29) is 0 Å². The van der Waals surface area contributed by atoms with Crippen LogP contribution in [0.25, 0.3) is 0 Å². The molecule has 0 aromatic heterocycles. The van der Waals surface area contributed by atoms with Crippen LogP contribution in [0.3, 0.4) is 0 Å². The van der Waals surface area contributed by atoms with Crippen molar-refractivity contribution in [3.63, 3.8) is 0 Å². The van der Waals surface area contributed by atoms with E-state index in [2.05, 4.69) is 28.9 Å². The maximum Gasteiger partial charge on any atom is 0.0426 e. The third-order valence-electron chi connectivity index (χ3n) is 4.67. The van der Waals surface area contributed by atoms with Gasteiger partial charge in [-0.2, -0.15) is 0 Å². The predicted molar refractivity (Wildman–Crippen MR) is 82.0 cm³/mol. The Morgan fingerprint density at radius 2 is 1.89 bits per heavy atom. The van der Waals surface area contributed by atoms with Crippen LogP contribution in [0, 0.1) is 5.92 Å². The minimum atomic E-state index is 0.838. The molecule has 104 valence electrons. The van der Waals surface area contributed by atoms with Gasteiger partial charge < -0.3 is 4.90 Å². The van der Waals surface area contributed by atoms with Gasteiger partial charge in [0.15, 0.2) is 0 Å². The summed E-state index contributed by atoms with van der Waals surface area (Å²) in [6, 6.07) is 9.08. The lowest BCUT2D eigenvalue weighted by molar-refractivity contribution is 0.184. The van der Waals surface area contributed by atoms with Crippen LogP contribution in [0.1, 0.15) is 26.2 Å². The number of halogens is 1. The van der Waals surface area contributed by atoms with Crippen molar-refractivity contribution in [1.82, 2.24) is 4.90 Å². The zero-order valence-corrected chi connectivity index (χ0v) is 12.4. The standard InChI is InChI=1S/C16H23ClN2/c1-13-5-6-16(11-13)19-9-7-18(8-10-19)15-4-2-3-14(17)12-15/h2-4,12-13,16H,5-11H2,1H3/t13-,16+/m0/s1. The third kappa shape index (κ3) is 3.06. The lowest BCUT2D eigenvalue weighted by atomic mass is 10.1. The molecule has 19 heavy (non-hydrogen) atoms. The largest absolute Gasteiger partial charge is 0.369 e. The molecule has 1 aliphatic heterocycles. The monoisotopic (exact) mass is 278 g/mol. The lowest BCUT2D eigenvalue weighted by Gasteiger charge is -2.39. The minimum absolute atomic E-state index is 0.838. The first-order valence-electron chi connectivity index (χ1n) is 7.47. The van der Waals surface area contributed by atoms with E-state index in [1.165, 1.54) is 38.0 Å². The van der Waals surface area contributed by atoms with Crippen molar-refractivity contribution in [1.29, 1.82) is 0 Å². The second kappa shape index (κ2) is 5.72. The SMILES string of the molecule is C[C@H]1CC[C@@H](N2CCN(c3cccc(Cl)c3)CC2)C1. The summed E-state index contributed by atoms with van der Waals surface area (Å²) >= 11 is 6.08. The first kappa shape index (κ1) is 13.3. The van der Waals surface area contributed by atoms with Crippen molar-refractivity contribution in [3.05, 3.63) is 29.3 Å². The molecule has 1 aromatic carbocycles. The Balaban J connectivity index is 1.57. The number of piperazine rings is 1. The van der Waals surface area contributed by atoms with Crippen LogP contribution in [0.5, 0.6) is 0 Å². The summed E-state index contributed by atoms with van der Waals surface area (Å²) in [5.74, 6) is 0.927. The van der Waals surface area contributed by atoms with Crippen molar-refractivity contribution in [2.24, 2.45) is 5.92 Å². The molecule has 2 aliphatic rings. The van der Waals surface area contributed by atoms with Gasteiger partial charge in [-0.1, -0.05) is 24.6 Å². The quantitative estimate of drug-likeness (QED) is 0.815. The number of anilines is 1. The number of nitrogens with zero attached hydrogens (tertiary/aromatic N) is 2. The maximum absolute atomic E-state index is 6.08. The van der Waals surface area contributed by atoms with Gasteiger partial charge in [0.05, 0.1) is 0 Å². The number of hydrogen-bond donors (Lipinski definition) is 0. The van der Waals surface area contributed by atoms with Crippen molar-refractivity contribution in [3.8, 4) is 0 Å². The lowest BCUT2D eigenvalue weighted by Crippen LogP contribution is -2.49. The fourth-order valence-electron chi connectivity index (χ4n) is 3.53. The molecule has 2 fully saturated rings. The molecule has 1 aliphatic carbocycles. The molecular weight excluding hydrogens is 256 g/mol. The summed E-state index contributed by atoms with van der Waals surface area (Å²) in [4.78, 5) is 5.16. The predicted octanol–water partition coefficient (Wildman–Crippen LogP) is 3.65. The molecule has 0 spiro atoms. The van der Waals surface area contributed by atoms with Crippen molar-refractivity contribution < 1.29 is 0 Å². The zero-order chi connectivity index (χ0) is 13.2. The Bertz CT molecular complexity index is 427. The topological polar surface area (TPSA) is 6.48 Å². The Kier molecular flexibility index (Phi) is 3.99. The summed E-state index contributed by atoms with van der Waals surface area (Å²) in [6.07, 6.45) is 4.22. The number of hydrogen-bond acceptors (Lipinski definition) is 2. The van der Waals surface area contributed by atoms with Gasteiger partial charge in [-0.3, -0.25) is 4.90 Å². The van der Waals surface area contributed by atoms with Crippen LogP contribution in [-0.2, 0) is 0 Å². The van der Waals surface area contributed by atoms with Gasteiger partial charge in [-0.25, -0.2) is 0 Å². The molecule has 3 heteroatoms. The molecule has 1 heterocycles. The van der Waals surface area contributed by atoms with E-state index in [1.807, 2.05) is 12.1 Å². The van der Waals surface area contributed by atoms with Gasteiger partial charge in [0, 0.05) is 42.9 Å². The van der Waals surface area contributed by atoms with Crippen LogP contribution in [0.4, 0.5) is 5.69 Å². The first-order chi connectivity index (χ1) is 9.22. The highest BCUT2D eigenvalue weighted by atomic mass is 35.5. The van der Waals surface area contributed by atoms with Crippen LogP contribution in [0.15, 0.2) is 24.3 Å². The molecule has 2 nitrogen and oxygen atoms in total. The molecule has 2 atom stereocenters. The van der Waals surface area contributed by atoms with Gasteiger partial charge in [0.25, 0.3) is 0 Å². The zero-order valence-electron chi connectivity index (χ0n) is 11.7. The summed E-state index contributed by atoms with van der Waals surface area (Å²) in [5, 5.41) is 0.838. The molecule has 1 aromatic rings. The Labute approximate surface area is 121 Å². The highest BCUT2D eigenvalue weighted by Gasteiger charge is 2.29. The molecule has 0 unspecified atom stereocenters. The summed E-state index contributed by atoms with van der Waals surface area (Å²) in [5.41, 5.74) is 1.27. The Morgan fingerprint density at radius 3 is 2.53 bits per heavy atom. The molecule has 1 saturated carbocycles. The first-order valence-corrected chi connectivity index (χ1v) is 7.85. The van der Waals surface area contributed by atoms with Gasteiger partial charge in [0.1, 0.15) is 0 Å². The third-order valence-corrected chi connectivity index (χ3v) is 4.91. The number of benzene rings is 1. The van der Waals surface area contributed by atoms with E-state index in [9.17, 15) is 0 Å². The van der Waals surface area contributed by atoms with E-state index < -0.39 is 0 Å². The van der Waals surface area contributed by atoms with Gasteiger partial charge >= 0.3 is 0 Å². The minimum Gasteiger partial charge on any atom is -0.369 e. The van der Waals surface area contributed by atoms with Crippen LogP contribution >= 0.6 is 11.6 Å². The fourth-order valence-corrected chi connectivity index (χ4v) is 3.71. The Morgan fingerprint density at radius 1 is 1.11 bits per heavy atom. The van der Waals surface area contributed by atoms with E-state index in [4.69, 9.17) is 11.6 Å². The second-order valence-electron chi connectivity index (χ2n) is 6.07. The second-order valence-corrected chi connectivity index (χ2v) is 6.51. The van der Waals surface area contributed by atoms with Crippen LogP contribution in [-0.4, -0.2) is 37.1 Å². The van der Waals surface area contributed by atoms with Gasteiger partial charge in [-0.05, 0) is 43.4 Å². The Hall–Kier alpha value is -0.730. The maximum atomic E-state index is 6.08. The number of rotatable bonds is 2. The summed E-state index contributed by atoms with van der Waals surface area (Å²) in [7, 11) is 0. The van der Waals surface area contributed by atoms with Crippen LogP contribution < -0.4 is 4.90 Å². The molecule has 0 amide bonds. The van der Waals surface area contributed by atoms with E-state index in [0.717, 1.165) is 30.1 Å². The molecular formula is C16H23ClN2. The van der Waals surface area contributed by atoms with Gasteiger partial charge in [0.2, 0.25) is 0 Å². The summed E-state index contributed by atoms with van der Waals surface area (Å²) < 4.78 is 0. The average Bonchev–Trinajstić information content (AvgIpc) is 2.86. The smallest absolute Gasteiger partial charge is 0.0426 e. The van der Waals surface area contributed by atoms with E-state index >= 15 is 0 Å². The fraction of sp³-hybridized carbons (Fsp3) is 0.625. The van der Waals surface area contributed by atoms with Gasteiger partial charge in [-0.15, -0.1) is 0 Å². The van der Waals surface area contributed by atoms with E-state index in [1.54, 1.807) is 0 Å². The van der Waals surface area contributed by atoms with Crippen molar-refractivity contribution >= 4 is 17.3 Å². The molecule has 0 radical (unpaired) electrons. The molecule has 1 saturated heterocycles. The molecule has 3 rings (SSSR count). The molecule has 0 N–H and O–H groups in total. The highest BCUT2D eigenvalue weighted by Crippen LogP contribution is 2.30. The van der Waals surface area contributed by atoms with Crippen molar-refractivity contribution in [2.75, 3.05) is 31.1 Å². The highest BCUT2D eigenvalue weighted by molar-refractivity contribution is 6.30.